The predicted octanol–water partition coefficient (Wildman–Crippen LogP) is 3.27. The Labute approximate surface area is 111 Å². The van der Waals surface area contributed by atoms with Crippen molar-refractivity contribution in [2.45, 2.75) is 12.8 Å². The molecule has 0 bridgehead atoms. The van der Waals surface area contributed by atoms with Crippen LogP contribution in [0.1, 0.15) is 12.5 Å². The Bertz CT molecular complexity index is 777. The van der Waals surface area contributed by atoms with Gasteiger partial charge in [0.2, 0.25) is 0 Å². The Morgan fingerprint density at radius 2 is 2.00 bits per heavy atom. The third-order valence-electron chi connectivity index (χ3n) is 2.89. The molecule has 1 N–H and O–H groups in total. The molecule has 102 valence electrons. The number of alkyl halides is 2. The van der Waals surface area contributed by atoms with Crippen LogP contribution in [0.2, 0.25) is 0 Å². The quantitative estimate of drug-likeness (QED) is 0.782. The molecule has 0 saturated carbocycles. The molecule has 0 radical (unpaired) electrons. The van der Waals surface area contributed by atoms with Crippen LogP contribution in [0.4, 0.5) is 13.2 Å². The molecule has 0 fully saturated rings. The maximum Gasteiger partial charge on any atom is 0.273 e. The van der Waals surface area contributed by atoms with Crippen molar-refractivity contribution in [3.05, 3.63) is 42.0 Å². The summed E-state index contributed by atoms with van der Waals surface area (Å²) in [4.78, 5) is 8.30. The number of aromatic nitrogens is 4. The minimum atomic E-state index is -3.26. The van der Waals surface area contributed by atoms with Gasteiger partial charge in [0.05, 0.1) is 23.7 Å². The fourth-order valence-corrected chi connectivity index (χ4v) is 1.89. The molecule has 3 aromatic rings. The van der Waals surface area contributed by atoms with Gasteiger partial charge >= 0.3 is 0 Å². The molecule has 0 aliphatic carbocycles. The lowest BCUT2D eigenvalue weighted by molar-refractivity contribution is 0.0138. The van der Waals surface area contributed by atoms with Gasteiger partial charge in [0, 0.05) is 12.5 Å². The smallest absolute Gasteiger partial charge is 0.259 e. The zero-order valence-corrected chi connectivity index (χ0v) is 10.4. The lowest BCUT2D eigenvalue weighted by Gasteiger charge is -2.13. The van der Waals surface area contributed by atoms with Gasteiger partial charge in [-0.2, -0.15) is 5.10 Å². The maximum atomic E-state index is 13.5. The molecule has 3 rings (SSSR count). The molecule has 20 heavy (non-hydrogen) atoms. The van der Waals surface area contributed by atoms with Gasteiger partial charge in [0.25, 0.3) is 5.92 Å². The molecule has 0 unspecified atom stereocenters. The average Bonchev–Trinajstić information content (AvgIpc) is 2.85. The number of rotatable bonds is 2. The van der Waals surface area contributed by atoms with E-state index in [1.165, 1.54) is 18.5 Å². The first-order valence-corrected chi connectivity index (χ1v) is 5.79. The Morgan fingerprint density at radius 3 is 2.75 bits per heavy atom. The minimum Gasteiger partial charge on any atom is -0.259 e. The predicted molar refractivity (Wildman–Crippen MR) is 66.6 cm³/mol. The first kappa shape index (κ1) is 12.6. The third kappa shape index (κ3) is 2.11. The van der Waals surface area contributed by atoms with Crippen molar-refractivity contribution in [3.8, 4) is 11.3 Å². The number of hydrogen-bond acceptors (Lipinski definition) is 3. The van der Waals surface area contributed by atoms with E-state index in [1.807, 2.05) is 0 Å². The Balaban J connectivity index is 2.14. The van der Waals surface area contributed by atoms with Crippen LogP contribution in [-0.4, -0.2) is 20.2 Å². The Morgan fingerprint density at radius 1 is 1.20 bits per heavy atom. The Hall–Kier alpha value is -2.44. The molecular formula is C13H9F3N4. The van der Waals surface area contributed by atoms with E-state index >= 15 is 0 Å². The van der Waals surface area contributed by atoms with Gasteiger partial charge < -0.3 is 0 Å². The van der Waals surface area contributed by atoms with E-state index < -0.39 is 17.3 Å². The van der Waals surface area contributed by atoms with E-state index in [-0.39, 0.29) is 0 Å². The molecule has 7 heteroatoms. The van der Waals surface area contributed by atoms with Gasteiger partial charge in [-0.3, -0.25) is 5.10 Å². The SMILES string of the molecule is CC(F)(F)c1cc(-c2cnc3cn[nH]c3n2)ccc1F. The molecule has 1 aromatic carbocycles. The topological polar surface area (TPSA) is 54.5 Å². The third-order valence-corrected chi connectivity index (χ3v) is 2.89. The molecular weight excluding hydrogens is 269 g/mol. The number of aromatic amines is 1. The zero-order chi connectivity index (χ0) is 14.3. The summed E-state index contributed by atoms with van der Waals surface area (Å²) >= 11 is 0. The summed E-state index contributed by atoms with van der Waals surface area (Å²) in [5.74, 6) is -4.21. The largest absolute Gasteiger partial charge is 0.273 e. The monoisotopic (exact) mass is 278 g/mol. The summed E-state index contributed by atoms with van der Waals surface area (Å²) in [7, 11) is 0. The van der Waals surface area contributed by atoms with E-state index in [0.29, 0.717) is 29.3 Å². The zero-order valence-electron chi connectivity index (χ0n) is 10.4. The summed E-state index contributed by atoms with van der Waals surface area (Å²) < 4.78 is 40.1. The standard InChI is InChI=1S/C13H9F3N4/c1-13(15,16)8-4-7(2-3-9(8)14)10-5-17-11-6-18-20-12(11)19-10/h2-6H,1H3,(H,18,19,20). The summed E-state index contributed by atoms with van der Waals surface area (Å²) in [6.07, 6.45) is 2.94. The highest BCUT2D eigenvalue weighted by Gasteiger charge is 2.28. The summed E-state index contributed by atoms with van der Waals surface area (Å²) in [5.41, 5.74) is 1.08. The highest BCUT2D eigenvalue weighted by atomic mass is 19.3. The second-order valence-corrected chi connectivity index (χ2v) is 4.44. The highest BCUT2D eigenvalue weighted by Crippen LogP contribution is 2.32. The van der Waals surface area contributed by atoms with Gasteiger partial charge in [-0.05, 0) is 18.2 Å². The fourth-order valence-electron chi connectivity index (χ4n) is 1.89. The van der Waals surface area contributed by atoms with Crippen LogP contribution in [0.25, 0.3) is 22.4 Å². The molecule has 2 aromatic heterocycles. The van der Waals surface area contributed by atoms with Gasteiger partial charge in [-0.1, -0.05) is 0 Å². The molecule has 4 nitrogen and oxygen atoms in total. The first-order chi connectivity index (χ1) is 9.45. The molecule has 0 amide bonds. The van der Waals surface area contributed by atoms with Gasteiger partial charge in [0.15, 0.2) is 5.65 Å². The number of nitrogens with zero attached hydrogens (tertiary/aromatic N) is 3. The van der Waals surface area contributed by atoms with Crippen molar-refractivity contribution in [2.24, 2.45) is 0 Å². The fraction of sp³-hybridized carbons (Fsp3) is 0.154. The average molecular weight is 278 g/mol. The van der Waals surface area contributed by atoms with Crippen LogP contribution in [0.15, 0.2) is 30.6 Å². The first-order valence-electron chi connectivity index (χ1n) is 5.79. The van der Waals surface area contributed by atoms with Gasteiger partial charge in [-0.15, -0.1) is 0 Å². The number of fused-ring (bicyclic) bond motifs is 1. The normalized spacial score (nSPS) is 12.0. The van der Waals surface area contributed by atoms with Crippen LogP contribution < -0.4 is 0 Å². The maximum absolute atomic E-state index is 13.5. The minimum absolute atomic E-state index is 0.368. The molecule has 2 heterocycles. The number of benzene rings is 1. The van der Waals surface area contributed by atoms with E-state index in [9.17, 15) is 13.2 Å². The van der Waals surface area contributed by atoms with E-state index in [2.05, 4.69) is 20.2 Å². The summed E-state index contributed by atoms with van der Waals surface area (Å²) in [6, 6.07) is 3.47. The van der Waals surface area contributed by atoms with Crippen LogP contribution in [0.5, 0.6) is 0 Å². The number of halogens is 3. The number of nitrogens with one attached hydrogen (secondary N) is 1. The van der Waals surface area contributed by atoms with Crippen molar-refractivity contribution in [3.63, 3.8) is 0 Å². The summed E-state index contributed by atoms with van der Waals surface area (Å²) in [5, 5.41) is 6.42. The summed E-state index contributed by atoms with van der Waals surface area (Å²) in [6.45, 7) is 0.652. The van der Waals surface area contributed by atoms with Gasteiger partial charge in [0.1, 0.15) is 11.3 Å². The Kier molecular flexibility index (Phi) is 2.70. The van der Waals surface area contributed by atoms with Crippen molar-refractivity contribution in [2.75, 3.05) is 0 Å². The van der Waals surface area contributed by atoms with Crippen molar-refractivity contribution < 1.29 is 13.2 Å². The van der Waals surface area contributed by atoms with Crippen LogP contribution in [0, 0.1) is 5.82 Å². The van der Waals surface area contributed by atoms with E-state index in [0.717, 1.165) is 12.1 Å². The lowest BCUT2D eigenvalue weighted by atomic mass is 10.0. The van der Waals surface area contributed by atoms with Crippen molar-refractivity contribution >= 4 is 11.2 Å². The number of hydrogen-bond donors (Lipinski definition) is 1. The molecule has 0 aliphatic rings. The van der Waals surface area contributed by atoms with Crippen molar-refractivity contribution in [1.82, 2.24) is 20.2 Å². The second kappa shape index (κ2) is 4.29. The molecule has 0 saturated heterocycles. The van der Waals surface area contributed by atoms with Crippen LogP contribution >= 0.6 is 0 Å². The molecule has 0 spiro atoms. The number of H-pyrrole nitrogens is 1. The van der Waals surface area contributed by atoms with E-state index in [1.54, 1.807) is 0 Å². The lowest BCUT2D eigenvalue weighted by Crippen LogP contribution is -2.10. The van der Waals surface area contributed by atoms with Crippen LogP contribution in [-0.2, 0) is 5.92 Å². The van der Waals surface area contributed by atoms with Gasteiger partial charge in [-0.25, -0.2) is 23.1 Å². The van der Waals surface area contributed by atoms with E-state index in [4.69, 9.17) is 0 Å². The molecule has 0 atom stereocenters. The second-order valence-electron chi connectivity index (χ2n) is 4.44. The van der Waals surface area contributed by atoms with Crippen LogP contribution in [0.3, 0.4) is 0 Å². The highest BCUT2D eigenvalue weighted by molar-refractivity contribution is 5.72. The molecule has 0 aliphatic heterocycles. The van der Waals surface area contributed by atoms with Crippen molar-refractivity contribution in [1.29, 1.82) is 0 Å².